The van der Waals surface area contributed by atoms with Crippen LogP contribution in [0.3, 0.4) is 0 Å². The zero-order valence-electron chi connectivity index (χ0n) is 6.39. The summed E-state index contributed by atoms with van der Waals surface area (Å²) >= 11 is 2.45. The fourth-order valence-electron chi connectivity index (χ4n) is 1.48. The van der Waals surface area contributed by atoms with Crippen molar-refractivity contribution in [2.24, 2.45) is 0 Å². The fraction of sp³-hybridized carbons (Fsp3) is 0.333. The highest BCUT2D eigenvalue weighted by Crippen LogP contribution is 2.35. The summed E-state index contributed by atoms with van der Waals surface area (Å²) in [6.07, 6.45) is 1.13. The second-order valence-electron chi connectivity index (χ2n) is 3.16. The van der Waals surface area contributed by atoms with Crippen LogP contribution >= 0.6 is 22.6 Å². The molecule has 0 aromatic heterocycles. The lowest BCUT2D eigenvalue weighted by Crippen LogP contribution is -2.22. The van der Waals surface area contributed by atoms with Crippen molar-refractivity contribution in [3.05, 3.63) is 29.8 Å². The van der Waals surface area contributed by atoms with Gasteiger partial charge < -0.3 is 5.32 Å². The molecule has 11 heavy (non-hydrogen) atoms. The summed E-state index contributed by atoms with van der Waals surface area (Å²) in [6.45, 7) is 2.22. The average Bonchev–Trinajstić information content (AvgIpc) is 2.21. The van der Waals surface area contributed by atoms with Crippen LogP contribution in [-0.2, 0) is 6.42 Å². The molecule has 0 saturated carbocycles. The van der Waals surface area contributed by atoms with Crippen LogP contribution in [0.25, 0.3) is 0 Å². The molecule has 1 aliphatic heterocycles. The van der Waals surface area contributed by atoms with Gasteiger partial charge in [-0.1, -0.05) is 40.8 Å². The molecule has 0 fully saturated rings. The van der Waals surface area contributed by atoms with Crippen molar-refractivity contribution in [1.82, 2.24) is 0 Å². The van der Waals surface area contributed by atoms with E-state index in [9.17, 15) is 0 Å². The first kappa shape index (κ1) is 7.40. The standard InChI is InChI=1S/C9H10IN/c1-9(10)6-7-4-2-3-5-8(7)11-9/h2-5,11H,6H2,1H3/t9-/m1/s1. The van der Waals surface area contributed by atoms with E-state index in [1.165, 1.54) is 11.3 Å². The van der Waals surface area contributed by atoms with Gasteiger partial charge in [0.15, 0.2) is 0 Å². The molecule has 0 saturated heterocycles. The van der Waals surface area contributed by atoms with Gasteiger partial charge in [0, 0.05) is 12.1 Å². The first-order valence-electron chi connectivity index (χ1n) is 3.72. The van der Waals surface area contributed by atoms with Gasteiger partial charge in [-0.15, -0.1) is 0 Å². The number of nitrogens with one attached hydrogen (secondary N) is 1. The second kappa shape index (κ2) is 2.37. The number of hydrogen-bond acceptors (Lipinski definition) is 1. The number of benzene rings is 1. The number of hydrogen-bond donors (Lipinski definition) is 1. The van der Waals surface area contributed by atoms with Crippen LogP contribution in [0.15, 0.2) is 24.3 Å². The summed E-state index contributed by atoms with van der Waals surface area (Å²) < 4.78 is 0.224. The molecule has 1 aromatic rings. The van der Waals surface area contributed by atoms with Crippen molar-refractivity contribution in [2.75, 3.05) is 5.32 Å². The predicted molar refractivity (Wildman–Crippen MR) is 56.2 cm³/mol. The Kier molecular flexibility index (Phi) is 1.59. The van der Waals surface area contributed by atoms with E-state index < -0.39 is 0 Å². The van der Waals surface area contributed by atoms with E-state index in [-0.39, 0.29) is 3.55 Å². The Morgan fingerprint density at radius 2 is 2.18 bits per heavy atom. The molecule has 1 heterocycles. The number of para-hydroxylation sites is 1. The molecule has 0 radical (unpaired) electrons. The molecule has 2 heteroatoms. The molecule has 1 N–H and O–H groups in total. The van der Waals surface area contributed by atoms with E-state index >= 15 is 0 Å². The van der Waals surface area contributed by atoms with Gasteiger partial charge in [-0.3, -0.25) is 0 Å². The topological polar surface area (TPSA) is 12.0 Å². The summed E-state index contributed by atoms with van der Waals surface area (Å²) in [6, 6.07) is 8.49. The lowest BCUT2D eigenvalue weighted by atomic mass is 10.1. The minimum Gasteiger partial charge on any atom is -0.371 e. The smallest absolute Gasteiger partial charge is 0.0903 e. The van der Waals surface area contributed by atoms with Crippen LogP contribution in [0.2, 0.25) is 0 Å². The van der Waals surface area contributed by atoms with Crippen molar-refractivity contribution in [2.45, 2.75) is 16.9 Å². The van der Waals surface area contributed by atoms with E-state index in [0.29, 0.717) is 0 Å². The lowest BCUT2D eigenvalue weighted by molar-refractivity contribution is 0.807. The van der Waals surface area contributed by atoms with Gasteiger partial charge in [0.1, 0.15) is 0 Å². The molecule has 1 aromatic carbocycles. The first-order chi connectivity index (χ1) is 5.17. The Morgan fingerprint density at radius 3 is 2.91 bits per heavy atom. The molecular weight excluding hydrogens is 249 g/mol. The van der Waals surface area contributed by atoms with Crippen LogP contribution in [0.1, 0.15) is 12.5 Å². The van der Waals surface area contributed by atoms with Crippen LogP contribution in [0.5, 0.6) is 0 Å². The molecule has 1 nitrogen and oxygen atoms in total. The monoisotopic (exact) mass is 259 g/mol. The van der Waals surface area contributed by atoms with Crippen LogP contribution in [-0.4, -0.2) is 3.55 Å². The summed E-state index contributed by atoms with van der Waals surface area (Å²) in [4.78, 5) is 0. The summed E-state index contributed by atoms with van der Waals surface area (Å²) in [5.74, 6) is 0. The lowest BCUT2D eigenvalue weighted by Gasteiger charge is -2.15. The summed E-state index contributed by atoms with van der Waals surface area (Å²) in [7, 11) is 0. The quantitative estimate of drug-likeness (QED) is 0.429. The third-order valence-corrected chi connectivity index (χ3v) is 2.59. The molecule has 0 aliphatic carbocycles. The maximum Gasteiger partial charge on any atom is 0.0903 e. The minimum absolute atomic E-state index is 0.224. The Bertz CT molecular complexity index is 254. The Labute approximate surface area is 80.3 Å². The minimum atomic E-state index is 0.224. The van der Waals surface area contributed by atoms with Gasteiger partial charge >= 0.3 is 0 Å². The van der Waals surface area contributed by atoms with E-state index in [0.717, 1.165) is 6.42 Å². The number of rotatable bonds is 0. The van der Waals surface area contributed by atoms with E-state index in [4.69, 9.17) is 0 Å². The highest BCUT2D eigenvalue weighted by molar-refractivity contribution is 14.1. The second-order valence-corrected chi connectivity index (χ2v) is 5.54. The van der Waals surface area contributed by atoms with Crippen molar-refractivity contribution in [3.8, 4) is 0 Å². The molecule has 58 valence electrons. The number of alkyl halides is 1. The maximum atomic E-state index is 3.46. The Hall–Kier alpha value is -0.250. The zero-order chi connectivity index (χ0) is 7.90. The third-order valence-electron chi connectivity index (χ3n) is 1.94. The number of halogens is 1. The van der Waals surface area contributed by atoms with Crippen LogP contribution in [0, 0.1) is 0 Å². The van der Waals surface area contributed by atoms with Crippen molar-refractivity contribution in [3.63, 3.8) is 0 Å². The van der Waals surface area contributed by atoms with Gasteiger partial charge in [-0.25, -0.2) is 0 Å². The first-order valence-corrected chi connectivity index (χ1v) is 4.80. The van der Waals surface area contributed by atoms with Crippen molar-refractivity contribution < 1.29 is 0 Å². The molecule has 0 unspecified atom stereocenters. The maximum absolute atomic E-state index is 3.46. The molecule has 2 rings (SSSR count). The van der Waals surface area contributed by atoms with Crippen molar-refractivity contribution >= 4 is 28.3 Å². The number of fused-ring (bicyclic) bond motifs is 1. The van der Waals surface area contributed by atoms with Crippen LogP contribution < -0.4 is 5.32 Å². The van der Waals surface area contributed by atoms with E-state index in [1.807, 2.05) is 0 Å². The van der Waals surface area contributed by atoms with Crippen molar-refractivity contribution in [1.29, 1.82) is 0 Å². The van der Waals surface area contributed by atoms with E-state index in [2.05, 4.69) is 59.1 Å². The number of anilines is 1. The van der Waals surface area contributed by atoms with Gasteiger partial charge in [0.2, 0.25) is 0 Å². The predicted octanol–water partition coefficient (Wildman–Crippen LogP) is 2.81. The fourth-order valence-corrected chi connectivity index (χ4v) is 2.18. The zero-order valence-corrected chi connectivity index (χ0v) is 8.55. The third kappa shape index (κ3) is 1.36. The molecule has 1 atom stereocenters. The molecule has 0 bridgehead atoms. The molecule has 0 amide bonds. The van der Waals surface area contributed by atoms with Gasteiger partial charge in [0.25, 0.3) is 0 Å². The molecular formula is C9H10IN. The van der Waals surface area contributed by atoms with Crippen LogP contribution in [0.4, 0.5) is 5.69 Å². The average molecular weight is 259 g/mol. The highest BCUT2D eigenvalue weighted by Gasteiger charge is 2.28. The Balaban J connectivity index is 2.41. The van der Waals surface area contributed by atoms with Gasteiger partial charge in [-0.2, -0.15) is 0 Å². The summed E-state index contributed by atoms with van der Waals surface area (Å²) in [5.41, 5.74) is 2.73. The SMILES string of the molecule is C[C@]1(I)Cc2ccccc2N1. The van der Waals surface area contributed by atoms with E-state index in [1.54, 1.807) is 0 Å². The normalized spacial score (nSPS) is 27.8. The Morgan fingerprint density at radius 1 is 1.45 bits per heavy atom. The molecule has 1 aliphatic rings. The largest absolute Gasteiger partial charge is 0.371 e. The molecule has 0 spiro atoms. The summed E-state index contributed by atoms with van der Waals surface area (Å²) in [5, 5.41) is 3.46. The van der Waals surface area contributed by atoms with Gasteiger partial charge in [-0.05, 0) is 18.6 Å². The highest BCUT2D eigenvalue weighted by atomic mass is 127. The van der Waals surface area contributed by atoms with Gasteiger partial charge in [0.05, 0.1) is 3.55 Å².